The maximum absolute atomic E-state index is 4.40. The highest BCUT2D eigenvalue weighted by Crippen LogP contribution is 2.46. The molecule has 20 heavy (non-hydrogen) atoms. The van der Waals surface area contributed by atoms with Gasteiger partial charge in [0.1, 0.15) is 0 Å². The molecule has 1 atom stereocenters. The zero-order chi connectivity index (χ0) is 14.6. The molecule has 108 valence electrons. The lowest BCUT2D eigenvalue weighted by atomic mass is 9.73. The van der Waals surface area contributed by atoms with Crippen LogP contribution in [0.25, 0.3) is 0 Å². The molecule has 1 aromatic carbocycles. The number of unbranched alkanes of at least 4 members (excludes halogenated alkanes) is 1. The van der Waals surface area contributed by atoms with Crippen molar-refractivity contribution in [1.82, 2.24) is 4.90 Å². The van der Waals surface area contributed by atoms with E-state index in [9.17, 15) is 0 Å². The van der Waals surface area contributed by atoms with Gasteiger partial charge in [-0.25, -0.2) is 0 Å². The molecule has 0 N–H and O–H groups in total. The first kappa shape index (κ1) is 14.9. The summed E-state index contributed by atoms with van der Waals surface area (Å²) in [5.41, 5.74) is 3.84. The molecular formula is C19H27N. The van der Waals surface area contributed by atoms with Crippen molar-refractivity contribution in [1.29, 1.82) is 0 Å². The van der Waals surface area contributed by atoms with E-state index in [0.29, 0.717) is 0 Å². The van der Waals surface area contributed by atoms with Crippen molar-refractivity contribution in [3.8, 4) is 0 Å². The SMILES string of the molecule is C=C1C(=C)C(CCC)(c2ccccc2)CN1CCCC. The molecule has 1 nitrogen and oxygen atoms in total. The number of likely N-dealkylation sites (tertiary alicyclic amines) is 1. The van der Waals surface area contributed by atoms with Crippen LogP contribution in [0.4, 0.5) is 0 Å². The van der Waals surface area contributed by atoms with Gasteiger partial charge in [0.25, 0.3) is 0 Å². The van der Waals surface area contributed by atoms with Crippen LogP contribution in [0.5, 0.6) is 0 Å². The minimum absolute atomic E-state index is 0.0703. The van der Waals surface area contributed by atoms with Crippen LogP contribution >= 0.6 is 0 Å². The van der Waals surface area contributed by atoms with E-state index in [1.165, 1.54) is 30.4 Å². The van der Waals surface area contributed by atoms with E-state index in [-0.39, 0.29) is 5.41 Å². The smallest absolute Gasteiger partial charge is 0.0392 e. The van der Waals surface area contributed by atoms with Gasteiger partial charge in [-0.2, -0.15) is 0 Å². The van der Waals surface area contributed by atoms with Crippen LogP contribution in [0.15, 0.2) is 54.8 Å². The minimum atomic E-state index is 0.0703. The number of nitrogens with zero attached hydrogens (tertiary/aromatic N) is 1. The van der Waals surface area contributed by atoms with Gasteiger partial charge in [-0.3, -0.25) is 0 Å². The molecule has 1 aliphatic heterocycles. The van der Waals surface area contributed by atoms with Gasteiger partial charge in [0.2, 0.25) is 0 Å². The Morgan fingerprint density at radius 2 is 1.80 bits per heavy atom. The fourth-order valence-corrected chi connectivity index (χ4v) is 3.37. The fraction of sp³-hybridized carbons (Fsp3) is 0.474. The Balaban J connectivity index is 2.34. The second-order valence-corrected chi connectivity index (χ2v) is 5.90. The van der Waals surface area contributed by atoms with Crippen LogP contribution in [-0.2, 0) is 5.41 Å². The maximum Gasteiger partial charge on any atom is 0.0392 e. The fourth-order valence-electron chi connectivity index (χ4n) is 3.37. The molecule has 1 unspecified atom stereocenters. The topological polar surface area (TPSA) is 3.24 Å². The van der Waals surface area contributed by atoms with Gasteiger partial charge < -0.3 is 4.90 Å². The Bertz CT molecular complexity index is 474. The van der Waals surface area contributed by atoms with Gasteiger partial charge in [-0.15, -0.1) is 0 Å². The lowest BCUT2D eigenvalue weighted by molar-refractivity contribution is 0.326. The van der Waals surface area contributed by atoms with Crippen LogP contribution in [0, 0.1) is 0 Å². The normalized spacial score (nSPS) is 22.6. The number of rotatable bonds is 6. The molecule has 0 radical (unpaired) electrons. The van der Waals surface area contributed by atoms with E-state index in [4.69, 9.17) is 0 Å². The molecule has 1 aliphatic rings. The van der Waals surface area contributed by atoms with Crippen LogP contribution < -0.4 is 0 Å². The van der Waals surface area contributed by atoms with Crippen molar-refractivity contribution in [3.05, 3.63) is 60.3 Å². The molecule has 0 aromatic heterocycles. The molecule has 0 saturated carbocycles. The summed E-state index contributed by atoms with van der Waals surface area (Å²) in [6, 6.07) is 10.9. The largest absolute Gasteiger partial charge is 0.371 e. The predicted molar refractivity (Wildman–Crippen MR) is 87.8 cm³/mol. The summed E-state index contributed by atoms with van der Waals surface area (Å²) in [6.45, 7) is 15.3. The Labute approximate surface area is 124 Å². The molecule has 0 aliphatic carbocycles. The first-order chi connectivity index (χ1) is 9.65. The van der Waals surface area contributed by atoms with E-state index in [1.54, 1.807) is 0 Å². The highest BCUT2D eigenvalue weighted by molar-refractivity contribution is 5.48. The third kappa shape index (κ3) is 2.54. The lowest BCUT2D eigenvalue weighted by Gasteiger charge is -2.30. The van der Waals surface area contributed by atoms with Crippen molar-refractivity contribution in [3.63, 3.8) is 0 Å². The van der Waals surface area contributed by atoms with Gasteiger partial charge in [0.05, 0.1) is 0 Å². The molecule has 1 fully saturated rings. The van der Waals surface area contributed by atoms with Crippen molar-refractivity contribution < 1.29 is 0 Å². The van der Waals surface area contributed by atoms with Crippen LogP contribution in [-0.4, -0.2) is 18.0 Å². The van der Waals surface area contributed by atoms with E-state index in [2.05, 4.69) is 62.2 Å². The Morgan fingerprint density at radius 3 is 2.40 bits per heavy atom. The molecule has 1 heteroatoms. The van der Waals surface area contributed by atoms with Crippen molar-refractivity contribution in [2.45, 2.75) is 44.9 Å². The first-order valence-electron chi connectivity index (χ1n) is 7.85. The standard InChI is InChI=1S/C19H27N/c1-5-7-14-20-15-19(13-6-2,16(3)17(20)4)18-11-9-8-10-12-18/h8-12H,3-7,13-15H2,1-2H3. The van der Waals surface area contributed by atoms with Crippen molar-refractivity contribution in [2.75, 3.05) is 13.1 Å². The van der Waals surface area contributed by atoms with E-state index in [0.717, 1.165) is 25.2 Å². The Kier molecular flexibility index (Phi) is 4.69. The highest BCUT2D eigenvalue weighted by Gasteiger charge is 2.43. The molecule has 0 amide bonds. The van der Waals surface area contributed by atoms with Crippen LogP contribution in [0.3, 0.4) is 0 Å². The Morgan fingerprint density at radius 1 is 1.10 bits per heavy atom. The van der Waals surface area contributed by atoms with Gasteiger partial charge >= 0.3 is 0 Å². The average molecular weight is 269 g/mol. The summed E-state index contributed by atoms with van der Waals surface area (Å²) in [7, 11) is 0. The van der Waals surface area contributed by atoms with E-state index in [1.807, 2.05) is 0 Å². The Hall–Kier alpha value is -1.50. The summed E-state index contributed by atoms with van der Waals surface area (Å²) in [5.74, 6) is 0. The third-order valence-electron chi connectivity index (χ3n) is 4.55. The first-order valence-corrected chi connectivity index (χ1v) is 7.85. The zero-order valence-electron chi connectivity index (χ0n) is 13.0. The van der Waals surface area contributed by atoms with Gasteiger partial charge in [-0.1, -0.05) is 70.2 Å². The molecule has 1 heterocycles. The van der Waals surface area contributed by atoms with Crippen LogP contribution in [0.1, 0.15) is 45.1 Å². The molecule has 2 rings (SSSR count). The number of hydrogen-bond donors (Lipinski definition) is 0. The zero-order valence-corrected chi connectivity index (χ0v) is 13.0. The van der Waals surface area contributed by atoms with E-state index >= 15 is 0 Å². The quantitative estimate of drug-likeness (QED) is 0.709. The molecule has 0 spiro atoms. The van der Waals surface area contributed by atoms with Gasteiger partial charge in [0, 0.05) is 24.2 Å². The lowest BCUT2D eigenvalue weighted by Crippen LogP contribution is -2.32. The number of hydrogen-bond acceptors (Lipinski definition) is 1. The van der Waals surface area contributed by atoms with Gasteiger partial charge in [0.15, 0.2) is 0 Å². The predicted octanol–water partition coefficient (Wildman–Crippen LogP) is 4.91. The monoisotopic (exact) mass is 269 g/mol. The minimum Gasteiger partial charge on any atom is -0.371 e. The summed E-state index contributed by atoms with van der Waals surface area (Å²) < 4.78 is 0. The average Bonchev–Trinajstić information content (AvgIpc) is 2.72. The second-order valence-electron chi connectivity index (χ2n) is 5.90. The molecule has 1 aromatic rings. The molecule has 0 bridgehead atoms. The third-order valence-corrected chi connectivity index (χ3v) is 4.55. The summed E-state index contributed by atoms with van der Waals surface area (Å²) in [6.07, 6.45) is 4.77. The highest BCUT2D eigenvalue weighted by atomic mass is 15.2. The van der Waals surface area contributed by atoms with E-state index < -0.39 is 0 Å². The van der Waals surface area contributed by atoms with Gasteiger partial charge in [-0.05, 0) is 24.0 Å². The van der Waals surface area contributed by atoms with Crippen LogP contribution in [0.2, 0.25) is 0 Å². The van der Waals surface area contributed by atoms with Crippen molar-refractivity contribution in [2.24, 2.45) is 0 Å². The van der Waals surface area contributed by atoms with Crippen molar-refractivity contribution >= 4 is 0 Å². The summed E-state index contributed by atoms with van der Waals surface area (Å²) in [5, 5.41) is 0. The molecular weight excluding hydrogens is 242 g/mol. The number of benzene rings is 1. The maximum atomic E-state index is 4.40. The number of allylic oxidation sites excluding steroid dienone is 1. The second kappa shape index (κ2) is 6.30. The summed E-state index contributed by atoms with van der Waals surface area (Å²) in [4.78, 5) is 2.44. The summed E-state index contributed by atoms with van der Waals surface area (Å²) >= 11 is 0. The molecule has 1 saturated heterocycles.